The van der Waals surface area contributed by atoms with Gasteiger partial charge in [-0.3, -0.25) is 0 Å². The van der Waals surface area contributed by atoms with Gasteiger partial charge in [0.1, 0.15) is 0 Å². The molecule has 0 saturated carbocycles. The first-order chi connectivity index (χ1) is 1.73. The normalized spacial score (nSPS) is 4.00. The maximum Gasteiger partial charge on any atom is 1.00 e. The maximum atomic E-state index is 8.33. The molecule has 0 aliphatic carbocycles. The van der Waals surface area contributed by atoms with Crippen molar-refractivity contribution in [3.8, 4) is 0 Å². The third-order valence-corrected chi connectivity index (χ3v) is 0. The number of carboxylic acid groups (broad SMARTS) is 2. The Morgan fingerprint density at radius 1 is 1.50 bits per heavy atom. The molecule has 0 spiro atoms. The van der Waals surface area contributed by atoms with Gasteiger partial charge in [-0.2, -0.15) is 0 Å². The number of hydrogen-bond acceptors (Lipinski definition) is 3. The molecule has 0 aromatic heterocycles. The monoisotopic (exact) mass is 120 g/mol. The van der Waals surface area contributed by atoms with Crippen LogP contribution >= 0.6 is 12.4 Å². The summed E-state index contributed by atoms with van der Waals surface area (Å²) < 4.78 is 0. The minimum atomic E-state index is -2.33. The number of halogens is 1. The standard InChI is InChI=1S/CH2O3.ClH.Na/c2-1(3)4;;/h(H2,2,3,4);1H;/q;;+1/p-1. The zero-order valence-electron chi connectivity index (χ0n) is 4.13. The van der Waals surface area contributed by atoms with Gasteiger partial charge in [-0.1, -0.05) is 0 Å². The van der Waals surface area contributed by atoms with Crippen LogP contribution in [0.1, 0.15) is 1.43 Å². The van der Waals surface area contributed by atoms with Gasteiger partial charge in [0.2, 0.25) is 0 Å². The smallest absolute Gasteiger partial charge is 0.652 e. The van der Waals surface area contributed by atoms with Crippen molar-refractivity contribution in [1.82, 2.24) is 0 Å². The number of hydrogen-bond donors (Lipinski definition) is 0. The van der Waals surface area contributed by atoms with E-state index in [9.17, 15) is 0 Å². The van der Waals surface area contributed by atoms with Crippen LogP contribution in [0.5, 0.6) is 0 Å². The third kappa shape index (κ3) is 184. The Morgan fingerprint density at radius 3 is 1.50 bits per heavy atom. The third-order valence-electron chi connectivity index (χ3n) is 0. The van der Waals surface area contributed by atoms with Crippen LogP contribution in [0.25, 0.3) is 0 Å². The van der Waals surface area contributed by atoms with Crippen LogP contribution in [-0.2, 0) is 0 Å². The van der Waals surface area contributed by atoms with Crippen molar-refractivity contribution in [2.45, 2.75) is 0 Å². The second-order valence-corrected chi connectivity index (χ2v) is 0.250. The summed E-state index contributed by atoms with van der Waals surface area (Å²) in [5.41, 5.74) is 0. The van der Waals surface area contributed by atoms with Crippen molar-refractivity contribution in [2.75, 3.05) is 0 Å². The van der Waals surface area contributed by atoms with Crippen LogP contribution in [0, 0.1) is 0 Å². The van der Waals surface area contributed by atoms with Crippen molar-refractivity contribution >= 4 is 18.6 Å². The largest absolute Gasteiger partial charge is 1.00 e. The van der Waals surface area contributed by atoms with Crippen molar-refractivity contribution in [3.63, 3.8) is 0 Å². The Hall–Kier alpha value is 0.560. The van der Waals surface area contributed by atoms with E-state index in [4.69, 9.17) is 15.0 Å². The van der Waals surface area contributed by atoms with Gasteiger partial charge in [0.15, 0.2) is 0 Å². The second-order valence-electron chi connectivity index (χ2n) is 0.250. The molecular formula is CH2ClNaO3. The molecule has 0 amide bonds. The summed E-state index contributed by atoms with van der Waals surface area (Å²) in [6, 6.07) is 0. The van der Waals surface area contributed by atoms with Crippen molar-refractivity contribution < 1.29 is 46.0 Å². The molecule has 0 N–H and O–H groups in total. The van der Waals surface area contributed by atoms with Crippen LogP contribution < -0.4 is 39.8 Å². The van der Waals surface area contributed by atoms with E-state index in [1.165, 1.54) is 0 Å². The molecule has 0 aliphatic rings. The summed E-state index contributed by atoms with van der Waals surface area (Å²) in [6.07, 6.45) is -2.33. The van der Waals surface area contributed by atoms with Crippen LogP contribution in [0.15, 0.2) is 0 Å². The van der Waals surface area contributed by atoms with Gasteiger partial charge >= 0.3 is 31.0 Å². The second kappa shape index (κ2) is 9.12. The molecule has 0 aliphatic heterocycles. The van der Waals surface area contributed by atoms with Gasteiger partial charge in [0, 0.05) is 0 Å². The van der Waals surface area contributed by atoms with Gasteiger partial charge in [-0.15, -0.1) is 12.4 Å². The maximum absolute atomic E-state index is 8.33. The summed E-state index contributed by atoms with van der Waals surface area (Å²) in [6.45, 7) is 0. The molecule has 0 fully saturated rings. The summed E-state index contributed by atoms with van der Waals surface area (Å²) in [5, 5.41) is 16.7. The van der Waals surface area contributed by atoms with Crippen molar-refractivity contribution in [3.05, 3.63) is 0 Å². The molecule has 0 heterocycles. The molecule has 0 atom stereocenters. The van der Waals surface area contributed by atoms with Crippen molar-refractivity contribution in [1.29, 1.82) is 0 Å². The van der Waals surface area contributed by atoms with Crippen LogP contribution in [0.4, 0.5) is 4.79 Å². The fourth-order valence-corrected chi connectivity index (χ4v) is 0. The van der Waals surface area contributed by atoms with Gasteiger partial charge in [-0.05, 0) is 6.16 Å². The van der Waals surface area contributed by atoms with Gasteiger partial charge in [0.05, 0.1) is 0 Å². The SMILES string of the molecule is Cl.O=C([O-])[O-].[H+].[Na+]. The van der Waals surface area contributed by atoms with E-state index in [2.05, 4.69) is 0 Å². The first kappa shape index (κ1) is 16.0. The van der Waals surface area contributed by atoms with E-state index in [0.29, 0.717) is 0 Å². The first-order valence-electron chi connectivity index (χ1n) is 0.612. The zero-order chi connectivity index (χ0) is 3.58. The van der Waals surface area contributed by atoms with E-state index in [-0.39, 0.29) is 43.4 Å². The summed E-state index contributed by atoms with van der Waals surface area (Å²) >= 11 is 0. The van der Waals surface area contributed by atoms with Crippen LogP contribution in [-0.4, -0.2) is 6.16 Å². The van der Waals surface area contributed by atoms with E-state index in [1.807, 2.05) is 0 Å². The van der Waals surface area contributed by atoms with Gasteiger partial charge in [0.25, 0.3) is 0 Å². The summed E-state index contributed by atoms with van der Waals surface area (Å²) in [7, 11) is 0. The molecule has 5 heteroatoms. The van der Waals surface area contributed by atoms with E-state index in [0.717, 1.165) is 0 Å². The molecule has 0 unspecified atom stereocenters. The van der Waals surface area contributed by atoms with Crippen LogP contribution in [0.2, 0.25) is 0 Å². The molecule has 0 rings (SSSR count). The molecule has 0 aromatic rings. The molecule has 0 saturated heterocycles. The molecule has 0 radical (unpaired) electrons. The summed E-state index contributed by atoms with van der Waals surface area (Å²) in [5.74, 6) is 0. The number of carbonyl (C=O) groups excluding carboxylic acids is 1. The zero-order valence-corrected chi connectivity index (χ0v) is 5.95. The molecule has 6 heavy (non-hydrogen) atoms. The molecule has 0 aromatic carbocycles. The van der Waals surface area contributed by atoms with Gasteiger partial charge in [-0.25, -0.2) is 0 Å². The Balaban J connectivity index is -0.0000000150. The fourth-order valence-electron chi connectivity index (χ4n) is 0. The molecule has 3 nitrogen and oxygen atoms in total. The topological polar surface area (TPSA) is 63.2 Å². The Labute approximate surface area is 64.5 Å². The molecule has 0 bridgehead atoms. The Kier molecular flexibility index (Phi) is 24.3. The number of carbonyl (C=O) groups is 1. The minimum Gasteiger partial charge on any atom is -0.652 e. The van der Waals surface area contributed by atoms with E-state index in [1.54, 1.807) is 0 Å². The van der Waals surface area contributed by atoms with Crippen molar-refractivity contribution in [2.24, 2.45) is 0 Å². The van der Waals surface area contributed by atoms with E-state index >= 15 is 0 Å². The molecular weight excluding hydrogens is 118 g/mol. The fraction of sp³-hybridized carbons (Fsp3) is 0. The number of rotatable bonds is 0. The molecule has 32 valence electrons. The summed E-state index contributed by atoms with van der Waals surface area (Å²) in [4.78, 5) is 8.33. The minimum absolute atomic E-state index is 0. The first-order valence-corrected chi connectivity index (χ1v) is 0.612. The van der Waals surface area contributed by atoms with E-state index < -0.39 is 6.16 Å². The Bertz CT molecular complexity index is 37.9. The Morgan fingerprint density at radius 2 is 1.50 bits per heavy atom. The van der Waals surface area contributed by atoms with Gasteiger partial charge < -0.3 is 15.0 Å². The predicted octanol–water partition coefficient (Wildman–Crippen LogP) is -4.91. The average molecular weight is 120 g/mol. The quantitative estimate of drug-likeness (QED) is 0.301. The average Bonchev–Trinajstić information content (AvgIpc) is 0.811. The van der Waals surface area contributed by atoms with Crippen LogP contribution in [0.3, 0.4) is 0 Å². The predicted molar refractivity (Wildman–Crippen MR) is 13.8 cm³/mol.